The topological polar surface area (TPSA) is 76.1 Å². The first-order valence-electron chi connectivity index (χ1n) is 10.3. The van der Waals surface area contributed by atoms with Gasteiger partial charge in [-0.25, -0.2) is 4.39 Å². The standard InChI is InChI=1S/C23H20FN3O3S/c1-10-14-6-3-11(7-12(14)9-25-10)17-16(24)8-15-19(21(17)30-2)27(13-4-5-13)23-18(20(15)28)22(29)26-31-23/h3,6-8,10,13,25H,4-5,9H2,1-2H3,(H,26,29)/t10-/m1/s1. The van der Waals surface area contributed by atoms with E-state index in [1.165, 1.54) is 18.7 Å². The predicted octanol–water partition coefficient (Wildman–Crippen LogP) is 4.22. The molecule has 0 saturated heterocycles. The Morgan fingerprint density at radius 2 is 2.03 bits per heavy atom. The number of pyridine rings is 1. The molecule has 0 unspecified atom stereocenters. The third-order valence-electron chi connectivity index (χ3n) is 6.43. The van der Waals surface area contributed by atoms with E-state index in [1.54, 1.807) is 0 Å². The molecule has 0 radical (unpaired) electrons. The van der Waals surface area contributed by atoms with Crippen LogP contribution >= 0.6 is 11.5 Å². The second kappa shape index (κ2) is 6.51. The number of H-pyrrole nitrogens is 1. The highest BCUT2D eigenvalue weighted by Crippen LogP contribution is 2.46. The summed E-state index contributed by atoms with van der Waals surface area (Å²) in [6.45, 7) is 2.83. The molecule has 1 atom stereocenters. The van der Waals surface area contributed by atoms with E-state index in [-0.39, 0.29) is 22.9 Å². The van der Waals surface area contributed by atoms with Crippen LogP contribution in [0, 0.1) is 5.82 Å². The molecule has 1 aliphatic carbocycles. The number of aromatic nitrogens is 2. The van der Waals surface area contributed by atoms with Crippen LogP contribution in [0.5, 0.6) is 5.75 Å². The third kappa shape index (κ3) is 2.58. The zero-order valence-electron chi connectivity index (χ0n) is 17.0. The molecule has 2 aromatic heterocycles. The van der Waals surface area contributed by atoms with Crippen LogP contribution < -0.4 is 21.0 Å². The number of nitrogens with zero attached hydrogens (tertiary/aromatic N) is 1. The highest BCUT2D eigenvalue weighted by atomic mass is 32.1. The molecule has 1 saturated carbocycles. The molecular formula is C23H20FN3O3S. The van der Waals surface area contributed by atoms with E-state index in [0.29, 0.717) is 27.2 Å². The number of hydrogen-bond donors (Lipinski definition) is 2. The molecular weight excluding hydrogens is 417 g/mol. The highest BCUT2D eigenvalue weighted by molar-refractivity contribution is 7.12. The molecule has 1 aliphatic heterocycles. The fourth-order valence-electron chi connectivity index (χ4n) is 4.79. The molecule has 31 heavy (non-hydrogen) atoms. The molecule has 158 valence electrons. The molecule has 3 heterocycles. The van der Waals surface area contributed by atoms with Gasteiger partial charge in [0, 0.05) is 18.6 Å². The van der Waals surface area contributed by atoms with Crippen molar-refractivity contribution in [2.75, 3.05) is 7.11 Å². The van der Waals surface area contributed by atoms with Gasteiger partial charge in [0.05, 0.1) is 23.6 Å². The van der Waals surface area contributed by atoms with Crippen molar-refractivity contribution in [3.63, 3.8) is 0 Å². The lowest BCUT2D eigenvalue weighted by molar-refractivity contribution is 0.416. The first-order chi connectivity index (χ1) is 15.0. The summed E-state index contributed by atoms with van der Waals surface area (Å²) in [5, 5.41) is 3.67. The number of aromatic amines is 1. The fourth-order valence-corrected chi connectivity index (χ4v) is 5.70. The lowest BCUT2D eigenvalue weighted by Crippen LogP contribution is -2.16. The average molecular weight is 437 g/mol. The second-order valence-electron chi connectivity index (χ2n) is 8.32. The van der Waals surface area contributed by atoms with Gasteiger partial charge in [-0.1, -0.05) is 12.1 Å². The van der Waals surface area contributed by atoms with Crippen LogP contribution in [0.2, 0.25) is 0 Å². The van der Waals surface area contributed by atoms with Gasteiger partial charge in [0.25, 0.3) is 5.56 Å². The maximum absolute atomic E-state index is 15.5. The van der Waals surface area contributed by atoms with E-state index in [9.17, 15) is 9.59 Å². The maximum atomic E-state index is 15.5. The zero-order chi connectivity index (χ0) is 21.4. The van der Waals surface area contributed by atoms with Crippen LogP contribution in [0.3, 0.4) is 0 Å². The van der Waals surface area contributed by atoms with Gasteiger partial charge in [0.1, 0.15) is 16.0 Å². The van der Waals surface area contributed by atoms with Crippen LogP contribution in [0.1, 0.15) is 43.0 Å². The van der Waals surface area contributed by atoms with Crippen molar-refractivity contribution in [2.24, 2.45) is 0 Å². The SMILES string of the molecule is COc1c(-c2ccc3c(c2)CN[C@@H]3C)c(F)cc2c(=O)c3c(=O)[nH]sc3n(C3CC3)c12. The molecule has 4 aromatic rings. The zero-order valence-corrected chi connectivity index (χ0v) is 17.9. The second-order valence-corrected chi connectivity index (χ2v) is 9.12. The van der Waals surface area contributed by atoms with Crippen LogP contribution in [0.15, 0.2) is 33.9 Å². The minimum absolute atomic E-state index is 0.0937. The van der Waals surface area contributed by atoms with Crippen molar-refractivity contribution >= 4 is 32.7 Å². The van der Waals surface area contributed by atoms with E-state index < -0.39 is 16.8 Å². The van der Waals surface area contributed by atoms with E-state index in [4.69, 9.17) is 4.74 Å². The molecule has 0 spiro atoms. The molecule has 2 aliphatic rings. The van der Waals surface area contributed by atoms with Gasteiger partial charge in [0.15, 0.2) is 5.75 Å². The van der Waals surface area contributed by atoms with Crippen molar-refractivity contribution in [2.45, 2.75) is 38.4 Å². The third-order valence-corrected chi connectivity index (χ3v) is 7.31. The Morgan fingerprint density at radius 3 is 2.77 bits per heavy atom. The Kier molecular flexibility index (Phi) is 3.94. The van der Waals surface area contributed by atoms with Gasteiger partial charge in [-0.3, -0.25) is 14.0 Å². The lowest BCUT2D eigenvalue weighted by atomic mass is 9.96. The van der Waals surface area contributed by atoms with Gasteiger partial charge >= 0.3 is 0 Å². The Balaban J connectivity index is 1.74. The molecule has 0 bridgehead atoms. The minimum Gasteiger partial charge on any atom is -0.494 e. The van der Waals surface area contributed by atoms with Crippen LogP contribution in [0.4, 0.5) is 4.39 Å². The number of rotatable bonds is 3. The Bertz CT molecular complexity index is 1510. The number of fused-ring (bicyclic) bond motifs is 3. The number of hydrogen-bond acceptors (Lipinski definition) is 5. The van der Waals surface area contributed by atoms with Crippen LogP contribution in [0.25, 0.3) is 32.2 Å². The number of methoxy groups -OCH3 is 1. The summed E-state index contributed by atoms with van der Waals surface area (Å²) in [5.74, 6) is -0.200. The average Bonchev–Trinajstić information content (AvgIpc) is 3.43. The summed E-state index contributed by atoms with van der Waals surface area (Å²) in [6.07, 6.45) is 1.88. The van der Waals surface area contributed by atoms with Gasteiger partial charge < -0.3 is 14.6 Å². The summed E-state index contributed by atoms with van der Waals surface area (Å²) in [7, 11) is 1.50. The van der Waals surface area contributed by atoms with Crippen molar-refractivity contribution in [3.05, 3.63) is 61.8 Å². The Morgan fingerprint density at radius 1 is 1.23 bits per heavy atom. The van der Waals surface area contributed by atoms with Crippen LogP contribution in [-0.2, 0) is 6.54 Å². The molecule has 0 amide bonds. The Hall–Kier alpha value is -2.97. The summed E-state index contributed by atoms with van der Waals surface area (Å²) < 4.78 is 25.9. The lowest BCUT2D eigenvalue weighted by Gasteiger charge is -2.18. The van der Waals surface area contributed by atoms with E-state index in [2.05, 4.69) is 16.6 Å². The number of ether oxygens (including phenoxy) is 1. The van der Waals surface area contributed by atoms with Gasteiger partial charge in [0.2, 0.25) is 5.43 Å². The highest BCUT2D eigenvalue weighted by Gasteiger charge is 2.32. The first-order valence-corrected chi connectivity index (χ1v) is 11.1. The summed E-state index contributed by atoms with van der Waals surface area (Å²) in [6, 6.07) is 7.60. The Labute approximate surface area is 180 Å². The van der Waals surface area contributed by atoms with Crippen molar-refractivity contribution in [1.82, 2.24) is 14.3 Å². The number of benzene rings is 2. The molecule has 2 N–H and O–H groups in total. The predicted molar refractivity (Wildman–Crippen MR) is 120 cm³/mol. The molecule has 6 nitrogen and oxygen atoms in total. The quantitative estimate of drug-likeness (QED) is 0.503. The van der Waals surface area contributed by atoms with Gasteiger partial charge in [-0.2, -0.15) is 0 Å². The molecule has 8 heteroatoms. The first kappa shape index (κ1) is 18.8. The maximum Gasteiger partial charge on any atom is 0.271 e. The monoisotopic (exact) mass is 437 g/mol. The van der Waals surface area contributed by atoms with Crippen molar-refractivity contribution in [1.29, 1.82) is 0 Å². The molecule has 6 rings (SSSR count). The number of nitrogens with one attached hydrogen (secondary N) is 2. The van der Waals surface area contributed by atoms with Crippen molar-refractivity contribution in [3.8, 4) is 16.9 Å². The normalized spacial score (nSPS) is 18.1. The largest absolute Gasteiger partial charge is 0.494 e. The van der Waals surface area contributed by atoms with Crippen molar-refractivity contribution < 1.29 is 9.13 Å². The molecule has 1 fully saturated rings. The van der Waals surface area contributed by atoms with E-state index in [0.717, 1.165) is 36.5 Å². The minimum atomic E-state index is -0.534. The van der Waals surface area contributed by atoms with Gasteiger partial charge in [-0.15, -0.1) is 0 Å². The van der Waals surface area contributed by atoms with E-state index in [1.807, 2.05) is 22.8 Å². The summed E-state index contributed by atoms with van der Waals surface area (Å²) in [4.78, 5) is 26.1. The fraction of sp³-hybridized carbons (Fsp3) is 0.304. The smallest absolute Gasteiger partial charge is 0.271 e. The van der Waals surface area contributed by atoms with E-state index >= 15 is 4.39 Å². The summed E-state index contributed by atoms with van der Waals surface area (Å²) in [5.41, 5.74) is 3.06. The summed E-state index contributed by atoms with van der Waals surface area (Å²) >= 11 is 1.15. The number of halogens is 1. The molecule has 2 aromatic carbocycles. The van der Waals surface area contributed by atoms with Gasteiger partial charge in [-0.05, 0) is 60.1 Å². The van der Waals surface area contributed by atoms with Crippen LogP contribution in [-0.4, -0.2) is 16.1 Å².